The van der Waals surface area contributed by atoms with Crippen molar-refractivity contribution in [1.82, 2.24) is 5.32 Å². The second-order valence-electron chi connectivity index (χ2n) is 5.45. The molecule has 1 saturated carbocycles. The number of halogens is 1. The van der Waals surface area contributed by atoms with Gasteiger partial charge in [-0.2, -0.15) is 0 Å². The summed E-state index contributed by atoms with van der Waals surface area (Å²) in [5, 5.41) is 2.93. The van der Waals surface area contributed by atoms with Crippen LogP contribution in [-0.2, 0) is 4.79 Å². The number of carbonyl (C=O) groups is 1. The van der Waals surface area contributed by atoms with Gasteiger partial charge in [0.2, 0.25) is 0 Å². The Kier molecular flexibility index (Phi) is 7.92. The Morgan fingerprint density at radius 1 is 1.43 bits per heavy atom. The predicted molar refractivity (Wildman–Crippen MR) is 94.2 cm³/mol. The van der Waals surface area contributed by atoms with Crippen molar-refractivity contribution in [1.29, 1.82) is 0 Å². The maximum atomic E-state index is 11.9. The summed E-state index contributed by atoms with van der Waals surface area (Å²) in [7, 11) is 1.58. The molecule has 1 aromatic carbocycles. The number of benzene rings is 1. The summed E-state index contributed by atoms with van der Waals surface area (Å²) in [6.45, 7) is 2.38. The van der Waals surface area contributed by atoms with E-state index in [9.17, 15) is 4.79 Å². The van der Waals surface area contributed by atoms with Gasteiger partial charge in [0.25, 0.3) is 5.91 Å². The molecule has 2 rings (SSSR count). The van der Waals surface area contributed by atoms with Gasteiger partial charge in [-0.05, 0) is 43.4 Å². The van der Waals surface area contributed by atoms with Crippen LogP contribution in [0.1, 0.15) is 25.3 Å². The van der Waals surface area contributed by atoms with Crippen LogP contribution in [0.5, 0.6) is 11.5 Å². The Balaban J connectivity index is 0.00000264. The van der Waals surface area contributed by atoms with Crippen molar-refractivity contribution in [2.45, 2.75) is 25.8 Å². The summed E-state index contributed by atoms with van der Waals surface area (Å²) < 4.78 is 10.9. The average molecular weight is 341 g/mol. The number of amides is 1. The fraction of sp³-hybridized carbons (Fsp3) is 0.471. The third kappa shape index (κ3) is 5.77. The highest BCUT2D eigenvalue weighted by molar-refractivity contribution is 5.85. The average Bonchev–Trinajstić information content (AvgIpc) is 3.36. The van der Waals surface area contributed by atoms with E-state index in [0.29, 0.717) is 24.0 Å². The molecule has 0 aliphatic heterocycles. The van der Waals surface area contributed by atoms with Crippen LogP contribution < -0.4 is 20.5 Å². The molecule has 0 radical (unpaired) electrons. The SMILES string of the molecule is C/C=C/c1ccc(OCC(=O)NC(CN)C2CC2)c(OC)c1.Cl. The first-order valence-electron chi connectivity index (χ1n) is 7.61. The summed E-state index contributed by atoms with van der Waals surface area (Å²) in [6.07, 6.45) is 6.21. The molecule has 0 aromatic heterocycles. The molecule has 23 heavy (non-hydrogen) atoms. The molecule has 3 N–H and O–H groups in total. The highest BCUT2D eigenvalue weighted by Gasteiger charge is 2.31. The van der Waals surface area contributed by atoms with E-state index >= 15 is 0 Å². The number of nitrogens with one attached hydrogen (secondary N) is 1. The van der Waals surface area contributed by atoms with Gasteiger partial charge < -0.3 is 20.5 Å². The zero-order valence-electron chi connectivity index (χ0n) is 13.6. The Bertz CT molecular complexity index is 545. The Labute approximate surface area is 143 Å². The lowest BCUT2D eigenvalue weighted by molar-refractivity contribution is -0.123. The molecule has 1 unspecified atom stereocenters. The summed E-state index contributed by atoms with van der Waals surface area (Å²) in [5.74, 6) is 1.55. The minimum Gasteiger partial charge on any atom is -0.493 e. The second-order valence-corrected chi connectivity index (χ2v) is 5.45. The van der Waals surface area contributed by atoms with Gasteiger partial charge in [-0.3, -0.25) is 4.79 Å². The monoisotopic (exact) mass is 340 g/mol. The molecule has 0 bridgehead atoms. The fourth-order valence-corrected chi connectivity index (χ4v) is 2.36. The maximum Gasteiger partial charge on any atom is 0.258 e. The third-order valence-corrected chi connectivity index (χ3v) is 3.70. The van der Waals surface area contributed by atoms with E-state index < -0.39 is 0 Å². The Hall–Kier alpha value is -1.72. The van der Waals surface area contributed by atoms with Crippen molar-refractivity contribution < 1.29 is 14.3 Å². The number of rotatable bonds is 8. The maximum absolute atomic E-state index is 11.9. The summed E-state index contributed by atoms with van der Waals surface area (Å²) in [4.78, 5) is 11.9. The molecular formula is C17H25ClN2O3. The van der Waals surface area contributed by atoms with Crippen molar-refractivity contribution in [2.24, 2.45) is 11.7 Å². The molecule has 1 aliphatic rings. The number of carbonyl (C=O) groups excluding carboxylic acids is 1. The topological polar surface area (TPSA) is 73.6 Å². The van der Waals surface area contributed by atoms with Gasteiger partial charge in [0.05, 0.1) is 7.11 Å². The van der Waals surface area contributed by atoms with E-state index in [1.165, 1.54) is 0 Å². The zero-order chi connectivity index (χ0) is 15.9. The minimum atomic E-state index is -0.151. The normalized spacial score (nSPS) is 14.9. The number of ether oxygens (including phenoxy) is 2. The van der Waals surface area contributed by atoms with Crippen LogP contribution in [0.25, 0.3) is 6.08 Å². The van der Waals surface area contributed by atoms with Gasteiger partial charge in [-0.15, -0.1) is 12.4 Å². The van der Waals surface area contributed by atoms with Gasteiger partial charge in [0.1, 0.15) is 0 Å². The van der Waals surface area contributed by atoms with Crippen molar-refractivity contribution in [3.05, 3.63) is 29.8 Å². The van der Waals surface area contributed by atoms with E-state index in [0.717, 1.165) is 18.4 Å². The van der Waals surface area contributed by atoms with E-state index in [2.05, 4.69) is 5.32 Å². The van der Waals surface area contributed by atoms with Crippen molar-refractivity contribution >= 4 is 24.4 Å². The van der Waals surface area contributed by atoms with Crippen molar-refractivity contribution in [2.75, 3.05) is 20.3 Å². The van der Waals surface area contributed by atoms with Crippen molar-refractivity contribution in [3.63, 3.8) is 0 Å². The molecule has 0 spiro atoms. The van der Waals surface area contributed by atoms with Crippen LogP contribution in [0, 0.1) is 5.92 Å². The number of hydrogen-bond donors (Lipinski definition) is 2. The molecule has 1 aromatic rings. The predicted octanol–water partition coefficient (Wildman–Crippen LogP) is 2.38. The highest BCUT2D eigenvalue weighted by Crippen LogP contribution is 2.32. The quantitative estimate of drug-likeness (QED) is 0.762. The molecule has 0 heterocycles. The lowest BCUT2D eigenvalue weighted by atomic mass is 10.2. The van der Waals surface area contributed by atoms with Crippen LogP contribution in [0.4, 0.5) is 0 Å². The molecule has 1 amide bonds. The second kappa shape index (κ2) is 9.43. The number of nitrogens with two attached hydrogens (primary N) is 1. The fourth-order valence-electron chi connectivity index (χ4n) is 2.36. The summed E-state index contributed by atoms with van der Waals surface area (Å²) in [6, 6.07) is 5.67. The molecule has 1 aliphatic carbocycles. The smallest absolute Gasteiger partial charge is 0.258 e. The molecule has 5 nitrogen and oxygen atoms in total. The van der Waals surface area contributed by atoms with Gasteiger partial charge in [-0.25, -0.2) is 0 Å². The van der Waals surface area contributed by atoms with Gasteiger partial charge in [0.15, 0.2) is 18.1 Å². The molecule has 1 atom stereocenters. The molecule has 6 heteroatoms. The third-order valence-electron chi connectivity index (χ3n) is 3.70. The largest absolute Gasteiger partial charge is 0.493 e. The summed E-state index contributed by atoms with van der Waals surface area (Å²) in [5.41, 5.74) is 6.70. The number of hydrogen-bond acceptors (Lipinski definition) is 4. The van der Waals surface area contributed by atoms with Crippen LogP contribution in [-0.4, -0.2) is 32.2 Å². The zero-order valence-corrected chi connectivity index (χ0v) is 14.4. The number of allylic oxidation sites excluding steroid dienone is 1. The van der Waals surface area contributed by atoms with E-state index in [-0.39, 0.29) is 31.0 Å². The lowest BCUT2D eigenvalue weighted by Gasteiger charge is -2.17. The van der Waals surface area contributed by atoms with Crippen LogP contribution in [0.3, 0.4) is 0 Å². The van der Waals surface area contributed by atoms with Crippen molar-refractivity contribution in [3.8, 4) is 11.5 Å². The molecule has 1 fully saturated rings. The van der Waals surface area contributed by atoms with Gasteiger partial charge in [0, 0.05) is 12.6 Å². The first kappa shape index (κ1) is 19.3. The molecule has 128 valence electrons. The minimum absolute atomic E-state index is 0. The van der Waals surface area contributed by atoms with Crippen LogP contribution in [0.2, 0.25) is 0 Å². The molecule has 0 saturated heterocycles. The van der Waals surface area contributed by atoms with Gasteiger partial charge in [-0.1, -0.05) is 18.2 Å². The lowest BCUT2D eigenvalue weighted by Crippen LogP contribution is -2.43. The van der Waals surface area contributed by atoms with E-state index in [1.54, 1.807) is 7.11 Å². The Morgan fingerprint density at radius 2 is 2.17 bits per heavy atom. The van der Waals surface area contributed by atoms with E-state index in [4.69, 9.17) is 15.2 Å². The number of methoxy groups -OCH3 is 1. The van der Waals surface area contributed by atoms with Crippen LogP contribution in [0.15, 0.2) is 24.3 Å². The first-order valence-corrected chi connectivity index (χ1v) is 7.61. The standard InChI is InChI=1S/C17H24N2O3.ClH/c1-3-4-12-5-8-15(16(9-12)21-2)22-11-17(20)19-14(10-18)13-6-7-13;/h3-5,8-9,13-14H,6-7,10-11,18H2,1-2H3,(H,19,20);1H/b4-3+;. The summed E-state index contributed by atoms with van der Waals surface area (Å²) >= 11 is 0. The first-order chi connectivity index (χ1) is 10.7. The van der Waals surface area contributed by atoms with Crippen LogP contribution >= 0.6 is 12.4 Å². The highest BCUT2D eigenvalue weighted by atomic mass is 35.5. The van der Waals surface area contributed by atoms with Gasteiger partial charge >= 0.3 is 0 Å². The van der Waals surface area contributed by atoms with E-state index in [1.807, 2.05) is 37.3 Å². The molecular weight excluding hydrogens is 316 g/mol. The Morgan fingerprint density at radius 3 is 2.74 bits per heavy atom.